The normalized spacial score (nSPS) is 22.7. The molecular formula is C12H23N3O4. The van der Waals surface area contributed by atoms with Gasteiger partial charge in [0.15, 0.2) is 11.8 Å². The van der Waals surface area contributed by atoms with Crippen molar-refractivity contribution in [1.82, 2.24) is 15.7 Å². The van der Waals surface area contributed by atoms with Crippen LogP contribution in [0.4, 0.5) is 0 Å². The minimum absolute atomic E-state index is 0.400. The molecule has 0 bridgehead atoms. The number of carbonyl (C=O) groups is 2. The van der Waals surface area contributed by atoms with Crippen molar-refractivity contribution in [1.29, 1.82) is 0 Å². The zero-order valence-corrected chi connectivity index (χ0v) is 12.0. The predicted molar refractivity (Wildman–Crippen MR) is 69.0 cm³/mol. The molecule has 1 saturated heterocycles. The first-order valence-electron chi connectivity index (χ1n) is 6.40. The van der Waals surface area contributed by atoms with E-state index in [1.807, 2.05) is 0 Å². The minimum atomic E-state index is -1.33. The van der Waals surface area contributed by atoms with Crippen molar-refractivity contribution >= 4 is 11.8 Å². The van der Waals surface area contributed by atoms with Gasteiger partial charge in [-0.05, 0) is 33.9 Å². The third-order valence-corrected chi connectivity index (χ3v) is 3.43. The van der Waals surface area contributed by atoms with Crippen molar-refractivity contribution in [3.63, 3.8) is 0 Å². The van der Waals surface area contributed by atoms with E-state index in [2.05, 4.69) is 10.8 Å². The molecule has 1 unspecified atom stereocenters. The van der Waals surface area contributed by atoms with E-state index in [-0.39, 0.29) is 0 Å². The number of ether oxygens (including phenoxy) is 1. The third kappa shape index (κ3) is 3.65. The largest absolute Gasteiger partial charge is 0.357 e. The van der Waals surface area contributed by atoms with Gasteiger partial charge in [0.25, 0.3) is 5.91 Å². The van der Waals surface area contributed by atoms with Crippen LogP contribution in [-0.4, -0.2) is 56.3 Å². The molecule has 7 nitrogen and oxygen atoms in total. The van der Waals surface area contributed by atoms with E-state index in [9.17, 15) is 9.59 Å². The Hall–Kier alpha value is -1.18. The smallest absolute Gasteiger partial charge is 0.273 e. The van der Waals surface area contributed by atoms with Crippen LogP contribution in [0.5, 0.6) is 0 Å². The molecule has 2 atom stereocenters. The lowest BCUT2D eigenvalue weighted by Crippen LogP contribution is -2.62. The Morgan fingerprint density at radius 2 is 2.00 bits per heavy atom. The Kier molecular flexibility index (Phi) is 5.71. The maximum Gasteiger partial charge on any atom is 0.273 e. The number of nitrogens with zero attached hydrogens (tertiary/aromatic N) is 1. The van der Waals surface area contributed by atoms with Gasteiger partial charge in [-0.15, -0.1) is 0 Å². The summed E-state index contributed by atoms with van der Waals surface area (Å²) < 4.78 is 5.34. The van der Waals surface area contributed by atoms with Crippen molar-refractivity contribution in [3.8, 4) is 0 Å². The summed E-state index contributed by atoms with van der Waals surface area (Å²) in [6, 6.07) is 0. The topological polar surface area (TPSA) is 79.9 Å². The number of hydroxylamine groups is 1. The molecule has 0 spiro atoms. The number of hydrogen-bond acceptors (Lipinski definition) is 5. The Bertz CT molecular complexity index is 329. The van der Waals surface area contributed by atoms with Gasteiger partial charge in [-0.25, -0.2) is 10.3 Å². The number of nitrogens with one attached hydrogen (secondary N) is 2. The van der Waals surface area contributed by atoms with Crippen molar-refractivity contribution in [2.75, 3.05) is 27.7 Å². The van der Waals surface area contributed by atoms with Crippen LogP contribution in [0.1, 0.15) is 26.2 Å². The molecule has 1 rings (SSSR count). The number of hydrogen-bond donors (Lipinski definition) is 2. The number of rotatable bonds is 5. The third-order valence-electron chi connectivity index (χ3n) is 3.43. The lowest BCUT2D eigenvalue weighted by Gasteiger charge is -2.33. The Morgan fingerprint density at radius 1 is 1.32 bits per heavy atom. The van der Waals surface area contributed by atoms with Crippen LogP contribution in [0.15, 0.2) is 0 Å². The summed E-state index contributed by atoms with van der Waals surface area (Å²) in [4.78, 5) is 30.8. The highest BCUT2D eigenvalue weighted by Gasteiger charge is 2.43. The van der Waals surface area contributed by atoms with Gasteiger partial charge in [0.2, 0.25) is 5.91 Å². The first-order chi connectivity index (χ1) is 8.92. The molecule has 0 radical (unpaired) electrons. The molecule has 19 heavy (non-hydrogen) atoms. The lowest BCUT2D eigenvalue weighted by atomic mass is 9.99. The van der Waals surface area contributed by atoms with Gasteiger partial charge >= 0.3 is 0 Å². The highest BCUT2D eigenvalue weighted by molar-refractivity contribution is 6.08. The highest BCUT2D eigenvalue weighted by atomic mass is 16.8. The Morgan fingerprint density at radius 3 is 2.47 bits per heavy atom. The molecule has 0 aliphatic carbocycles. The summed E-state index contributed by atoms with van der Waals surface area (Å²) in [5.74, 6) is -0.922. The molecule has 1 aliphatic rings. The molecule has 1 aliphatic heterocycles. The summed E-state index contributed by atoms with van der Waals surface area (Å²) in [5, 5.41) is 2.48. The van der Waals surface area contributed by atoms with Crippen LogP contribution in [0.25, 0.3) is 0 Å². The fraction of sp³-hybridized carbons (Fsp3) is 0.833. The molecule has 1 fully saturated rings. The van der Waals surface area contributed by atoms with E-state index < -0.39 is 23.6 Å². The molecule has 1 heterocycles. The fourth-order valence-electron chi connectivity index (χ4n) is 1.78. The SMILES string of the molecule is CNC(=O)[C@@](C)(C(=O)NOC1CCCCO1)N(C)C. The molecular weight excluding hydrogens is 250 g/mol. The molecule has 0 aromatic heterocycles. The van der Waals surface area contributed by atoms with Crippen molar-refractivity contribution in [3.05, 3.63) is 0 Å². The van der Waals surface area contributed by atoms with Gasteiger partial charge < -0.3 is 10.1 Å². The van der Waals surface area contributed by atoms with E-state index in [0.717, 1.165) is 19.3 Å². The van der Waals surface area contributed by atoms with Crippen LogP contribution in [0, 0.1) is 0 Å². The van der Waals surface area contributed by atoms with Crippen molar-refractivity contribution in [2.24, 2.45) is 0 Å². The predicted octanol–water partition coefficient (Wildman–Crippen LogP) is -0.373. The average molecular weight is 273 g/mol. The van der Waals surface area contributed by atoms with Gasteiger partial charge in [-0.1, -0.05) is 0 Å². The van der Waals surface area contributed by atoms with Crippen LogP contribution < -0.4 is 10.8 Å². The van der Waals surface area contributed by atoms with E-state index >= 15 is 0 Å². The second kappa shape index (κ2) is 6.83. The highest BCUT2D eigenvalue weighted by Crippen LogP contribution is 2.15. The van der Waals surface area contributed by atoms with Gasteiger partial charge in [0.05, 0.1) is 0 Å². The van der Waals surface area contributed by atoms with Crippen LogP contribution >= 0.6 is 0 Å². The molecule has 0 aromatic rings. The van der Waals surface area contributed by atoms with E-state index in [4.69, 9.17) is 9.57 Å². The Labute approximate surface area is 113 Å². The van der Waals surface area contributed by atoms with Gasteiger partial charge in [-0.2, -0.15) is 0 Å². The maximum atomic E-state index is 12.2. The molecule has 2 N–H and O–H groups in total. The summed E-state index contributed by atoms with van der Waals surface area (Å²) in [6.45, 7) is 2.16. The summed E-state index contributed by atoms with van der Waals surface area (Å²) in [6.07, 6.45) is 2.30. The number of amides is 2. The zero-order chi connectivity index (χ0) is 14.5. The van der Waals surface area contributed by atoms with Crippen molar-refractivity contribution < 1.29 is 19.2 Å². The average Bonchev–Trinajstić information content (AvgIpc) is 2.43. The first kappa shape index (κ1) is 15.9. The second-order valence-electron chi connectivity index (χ2n) is 4.89. The monoisotopic (exact) mass is 273 g/mol. The number of likely N-dealkylation sites (N-methyl/N-ethyl adjacent to an activating group) is 2. The standard InChI is InChI=1S/C12H23N3O4/c1-12(15(3)4,10(16)13-2)11(17)14-19-9-7-5-6-8-18-9/h9H,5-8H2,1-4H3,(H,13,16)(H,14,17)/t9?,12-/m0/s1. The van der Waals surface area contributed by atoms with E-state index in [1.165, 1.54) is 18.9 Å². The zero-order valence-electron chi connectivity index (χ0n) is 12.0. The Balaban J connectivity index is 2.59. The maximum absolute atomic E-state index is 12.2. The van der Waals surface area contributed by atoms with Crippen LogP contribution in [-0.2, 0) is 19.2 Å². The number of carbonyl (C=O) groups excluding carboxylic acids is 2. The molecule has 0 aromatic carbocycles. The summed E-state index contributed by atoms with van der Waals surface area (Å²) in [7, 11) is 4.81. The second-order valence-corrected chi connectivity index (χ2v) is 4.89. The van der Waals surface area contributed by atoms with Crippen LogP contribution in [0.3, 0.4) is 0 Å². The first-order valence-corrected chi connectivity index (χ1v) is 6.40. The van der Waals surface area contributed by atoms with Gasteiger partial charge in [-0.3, -0.25) is 14.5 Å². The lowest BCUT2D eigenvalue weighted by molar-refractivity contribution is -0.204. The van der Waals surface area contributed by atoms with Gasteiger partial charge in [0, 0.05) is 20.1 Å². The van der Waals surface area contributed by atoms with E-state index in [1.54, 1.807) is 14.1 Å². The minimum Gasteiger partial charge on any atom is -0.357 e. The van der Waals surface area contributed by atoms with E-state index in [0.29, 0.717) is 6.61 Å². The molecule has 110 valence electrons. The quantitative estimate of drug-likeness (QED) is 0.527. The molecule has 7 heteroatoms. The summed E-state index contributed by atoms with van der Waals surface area (Å²) in [5.41, 5.74) is 0.993. The molecule has 0 saturated carbocycles. The van der Waals surface area contributed by atoms with Gasteiger partial charge in [0.1, 0.15) is 0 Å². The fourth-order valence-corrected chi connectivity index (χ4v) is 1.78. The molecule has 2 amide bonds. The summed E-state index contributed by atoms with van der Waals surface area (Å²) >= 11 is 0. The van der Waals surface area contributed by atoms with Crippen molar-refractivity contribution in [2.45, 2.75) is 38.0 Å². The van der Waals surface area contributed by atoms with Crippen LogP contribution in [0.2, 0.25) is 0 Å².